The molecule has 2 heterocycles. The Kier molecular flexibility index (Phi) is 2.13. The fourth-order valence-electron chi connectivity index (χ4n) is 1.67. The van der Waals surface area contributed by atoms with Gasteiger partial charge in [0.05, 0.1) is 29.5 Å². The highest BCUT2D eigenvalue weighted by atomic mass is 15.3. The van der Waals surface area contributed by atoms with Gasteiger partial charge in [0.25, 0.3) is 0 Å². The van der Waals surface area contributed by atoms with E-state index in [0.29, 0.717) is 6.04 Å². The van der Waals surface area contributed by atoms with Gasteiger partial charge in [0.1, 0.15) is 0 Å². The van der Waals surface area contributed by atoms with Gasteiger partial charge in [-0.1, -0.05) is 0 Å². The van der Waals surface area contributed by atoms with Crippen molar-refractivity contribution in [3.63, 3.8) is 0 Å². The number of rotatable bonds is 3. The lowest BCUT2D eigenvalue weighted by Crippen LogP contribution is -2.00. The minimum atomic E-state index is 0.658. The van der Waals surface area contributed by atoms with Crippen LogP contribution >= 0.6 is 0 Å². The first kappa shape index (κ1) is 9.39. The molecular weight excluding hydrogens is 200 g/mol. The molecule has 82 valence electrons. The molecule has 0 aliphatic heterocycles. The van der Waals surface area contributed by atoms with E-state index in [0.717, 1.165) is 17.1 Å². The Balaban J connectivity index is 1.90. The Morgan fingerprint density at radius 1 is 1.44 bits per heavy atom. The van der Waals surface area contributed by atoms with Crippen LogP contribution < -0.4 is 5.32 Å². The van der Waals surface area contributed by atoms with E-state index in [9.17, 15) is 0 Å². The summed E-state index contributed by atoms with van der Waals surface area (Å²) in [6.45, 7) is 2.03. The topological polar surface area (TPSA) is 42.7 Å². The number of anilines is 1. The van der Waals surface area contributed by atoms with Crippen molar-refractivity contribution in [3.8, 4) is 5.69 Å². The predicted octanol–water partition coefficient (Wildman–Crippen LogP) is 2.15. The average Bonchev–Trinajstić information content (AvgIpc) is 3.05. The van der Waals surface area contributed by atoms with E-state index in [1.807, 2.05) is 36.1 Å². The molecule has 1 aliphatic carbocycles. The van der Waals surface area contributed by atoms with Crippen LogP contribution in [0.5, 0.6) is 0 Å². The number of hydrogen-bond acceptors (Lipinski definition) is 3. The first-order valence-corrected chi connectivity index (χ1v) is 5.56. The maximum atomic E-state index is 4.48. The molecule has 0 atom stereocenters. The molecule has 0 bridgehead atoms. The molecule has 2 aromatic rings. The van der Waals surface area contributed by atoms with Crippen molar-refractivity contribution >= 4 is 5.69 Å². The summed E-state index contributed by atoms with van der Waals surface area (Å²) in [5.41, 5.74) is 3.16. The number of aryl methyl sites for hydroxylation is 1. The van der Waals surface area contributed by atoms with Crippen LogP contribution in [0.1, 0.15) is 18.5 Å². The smallest absolute Gasteiger partial charge is 0.0829 e. The van der Waals surface area contributed by atoms with E-state index in [1.54, 1.807) is 6.20 Å². The molecule has 0 radical (unpaired) electrons. The first-order chi connectivity index (χ1) is 7.83. The summed E-state index contributed by atoms with van der Waals surface area (Å²) < 4.78 is 1.87. The largest absolute Gasteiger partial charge is 0.380 e. The molecule has 1 aliphatic rings. The lowest BCUT2D eigenvalue weighted by molar-refractivity contribution is 0.857. The van der Waals surface area contributed by atoms with E-state index in [1.165, 1.54) is 12.8 Å². The summed E-state index contributed by atoms with van der Waals surface area (Å²) in [6.07, 6.45) is 8.16. The SMILES string of the molecule is Cc1nn(-c2cccnc2)cc1NC1CC1. The van der Waals surface area contributed by atoms with E-state index >= 15 is 0 Å². The molecule has 1 fully saturated rings. The van der Waals surface area contributed by atoms with Crippen LogP contribution in [0, 0.1) is 6.92 Å². The van der Waals surface area contributed by atoms with E-state index in [-0.39, 0.29) is 0 Å². The van der Waals surface area contributed by atoms with Crippen molar-refractivity contribution in [3.05, 3.63) is 36.4 Å². The molecule has 0 amide bonds. The monoisotopic (exact) mass is 214 g/mol. The highest BCUT2D eigenvalue weighted by Crippen LogP contribution is 2.26. The van der Waals surface area contributed by atoms with Crippen molar-refractivity contribution in [2.24, 2.45) is 0 Å². The van der Waals surface area contributed by atoms with Crippen molar-refractivity contribution < 1.29 is 0 Å². The highest BCUT2D eigenvalue weighted by Gasteiger charge is 2.22. The van der Waals surface area contributed by atoms with Crippen molar-refractivity contribution in [2.45, 2.75) is 25.8 Å². The predicted molar refractivity (Wildman–Crippen MR) is 62.7 cm³/mol. The van der Waals surface area contributed by atoms with Crippen LogP contribution in [-0.2, 0) is 0 Å². The summed E-state index contributed by atoms with van der Waals surface area (Å²) in [5, 5.41) is 7.95. The van der Waals surface area contributed by atoms with Crippen LogP contribution in [0.4, 0.5) is 5.69 Å². The van der Waals surface area contributed by atoms with Crippen LogP contribution in [0.25, 0.3) is 5.69 Å². The molecule has 3 rings (SSSR count). The van der Waals surface area contributed by atoms with Crippen LogP contribution in [-0.4, -0.2) is 20.8 Å². The third kappa shape index (κ3) is 1.78. The number of nitrogens with one attached hydrogen (secondary N) is 1. The second-order valence-electron chi connectivity index (χ2n) is 4.20. The molecule has 4 heteroatoms. The number of hydrogen-bond donors (Lipinski definition) is 1. The van der Waals surface area contributed by atoms with Gasteiger partial charge in [-0.2, -0.15) is 5.10 Å². The molecule has 0 unspecified atom stereocenters. The number of nitrogens with zero attached hydrogens (tertiary/aromatic N) is 3. The van der Waals surface area contributed by atoms with Gasteiger partial charge >= 0.3 is 0 Å². The van der Waals surface area contributed by atoms with Gasteiger partial charge in [-0.25, -0.2) is 4.68 Å². The quantitative estimate of drug-likeness (QED) is 0.851. The zero-order chi connectivity index (χ0) is 11.0. The molecule has 4 nitrogen and oxygen atoms in total. The summed E-state index contributed by atoms with van der Waals surface area (Å²) in [5.74, 6) is 0. The zero-order valence-electron chi connectivity index (χ0n) is 9.22. The third-order valence-electron chi connectivity index (χ3n) is 2.75. The lowest BCUT2D eigenvalue weighted by Gasteiger charge is -2.00. The Morgan fingerprint density at radius 3 is 3.00 bits per heavy atom. The Bertz CT molecular complexity index is 485. The molecule has 0 aromatic carbocycles. The van der Waals surface area contributed by atoms with Crippen LogP contribution in [0.2, 0.25) is 0 Å². The Morgan fingerprint density at radius 2 is 2.31 bits per heavy atom. The summed E-state index contributed by atoms with van der Waals surface area (Å²) in [6, 6.07) is 4.57. The minimum Gasteiger partial charge on any atom is -0.380 e. The summed E-state index contributed by atoms with van der Waals surface area (Å²) in [7, 11) is 0. The Labute approximate surface area is 94.3 Å². The normalized spacial score (nSPS) is 15.1. The molecule has 16 heavy (non-hydrogen) atoms. The van der Waals surface area contributed by atoms with Crippen LogP contribution in [0.3, 0.4) is 0 Å². The second-order valence-corrected chi connectivity index (χ2v) is 4.20. The van der Waals surface area contributed by atoms with Gasteiger partial charge in [-0.15, -0.1) is 0 Å². The summed E-state index contributed by atoms with van der Waals surface area (Å²) in [4.78, 5) is 4.09. The van der Waals surface area contributed by atoms with Gasteiger partial charge in [0.15, 0.2) is 0 Å². The fraction of sp³-hybridized carbons (Fsp3) is 0.333. The lowest BCUT2D eigenvalue weighted by atomic mass is 10.4. The van der Waals surface area contributed by atoms with E-state index < -0.39 is 0 Å². The standard InChI is InChI=1S/C12H14N4/c1-9-12(14-10-4-5-10)8-16(15-9)11-3-2-6-13-7-11/h2-3,6-8,10,14H,4-5H2,1H3. The highest BCUT2D eigenvalue weighted by molar-refractivity contribution is 5.49. The van der Waals surface area contributed by atoms with Gasteiger partial charge in [-0.3, -0.25) is 4.98 Å². The summed E-state index contributed by atoms with van der Waals surface area (Å²) >= 11 is 0. The molecule has 1 saturated carbocycles. The van der Waals surface area contributed by atoms with Gasteiger partial charge in [0, 0.05) is 12.2 Å². The average molecular weight is 214 g/mol. The van der Waals surface area contributed by atoms with Crippen LogP contribution in [0.15, 0.2) is 30.7 Å². The van der Waals surface area contributed by atoms with Gasteiger partial charge < -0.3 is 5.32 Å². The maximum Gasteiger partial charge on any atom is 0.0829 e. The van der Waals surface area contributed by atoms with Gasteiger partial charge in [-0.05, 0) is 31.9 Å². The maximum absolute atomic E-state index is 4.48. The van der Waals surface area contributed by atoms with E-state index in [4.69, 9.17) is 0 Å². The molecular formula is C12H14N4. The molecule has 1 N–H and O–H groups in total. The molecule has 0 saturated heterocycles. The minimum absolute atomic E-state index is 0.658. The first-order valence-electron chi connectivity index (χ1n) is 5.56. The van der Waals surface area contributed by atoms with Gasteiger partial charge in [0.2, 0.25) is 0 Å². The Hall–Kier alpha value is -1.84. The van der Waals surface area contributed by atoms with Crippen molar-refractivity contribution in [1.82, 2.24) is 14.8 Å². The molecule has 2 aromatic heterocycles. The fourth-order valence-corrected chi connectivity index (χ4v) is 1.67. The van der Waals surface area contributed by atoms with Crippen molar-refractivity contribution in [1.29, 1.82) is 0 Å². The number of pyridine rings is 1. The third-order valence-corrected chi connectivity index (χ3v) is 2.75. The second kappa shape index (κ2) is 3.63. The molecule has 0 spiro atoms. The number of aromatic nitrogens is 3. The van der Waals surface area contributed by atoms with E-state index in [2.05, 4.69) is 15.4 Å². The van der Waals surface area contributed by atoms with Crippen molar-refractivity contribution in [2.75, 3.05) is 5.32 Å². The zero-order valence-corrected chi connectivity index (χ0v) is 9.22.